The number of pyridine rings is 2. The molecule has 9 heteroatoms. The number of nitrogens with zero attached hydrogens (tertiary/aromatic N) is 5. The van der Waals surface area contributed by atoms with Crippen molar-refractivity contribution in [3.63, 3.8) is 0 Å². The lowest BCUT2D eigenvalue weighted by atomic mass is 10.1. The normalized spacial score (nSPS) is 11.2. The Morgan fingerprint density at radius 1 is 1.19 bits per heavy atom. The summed E-state index contributed by atoms with van der Waals surface area (Å²) in [6.07, 6.45) is 3.76. The molecule has 0 saturated carbocycles. The highest BCUT2D eigenvalue weighted by Gasteiger charge is 2.10. The fraction of sp³-hybridized carbons (Fsp3) is 0.333. The van der Waals surface area contributed by atoms with Crippen LogP contribution in [0.2, 0.25) is 0 Å². The third-order valence-corrected chi connectivity index (χ3v) is 4.19. The first kappa shape index (κ1) is 20.9. The van der Waals surface area contributed by atoms with Gasteiger partial charge < -0.3 is 15.4 Å². The van der Waals surface area contributed by atoms with Crippen molar-refractivity contribution in [3.8, 4) is 5.75 Å². The van der Waals surface area contributed by atoms with Crippen LogP contribution in [0.25, 0.3) is 5.65 Å². The van der Waals surface area contributed by atoms with Gasteiger partial charge in [0.05, 0.1) is 25.9 Å². The Kier molecular flexibility index (Phi) is 7.34. The maximum Gasteiger partial charge on any atom is 0.191 e. The van der Waals surface area contributed by atoms with E-state index in [1.165, 1.54) is 0 Å². The van der Waals surface area contributed by atoms with Crippen LogP contribution in [0.1, 0.15) is 22.6 Å². The van der Waals surface area contributed by atoms with Crippen molar-refractivity contribution in [1.29, 1.82) is 0 Å². The number of nitrogens with one attached hydrogen (secondary N) is 2. The van der Waals surface area contributed by atoms with Gasteiger partial charge in [-0.25, -0.2) is 0 Å². The molecule has 3 aromatic rings. The number of methoxy groups -OCH3 is 1. The lowest BCUT2D eigenvalue weighted by molar-refractivity contribution is 0.406. The third-order valence-electron chi connectivity index (χ3n) is 4.19. The van der Waals surface area contributed by atoms with Crippen molar-refractivity contribution in [2.24, 2.45) is 4.99 Å². The molecule has 2 N–H and O–H groups in total. The Bertz CT molecular complexity index is 939. The predicted octanol–water partition coefficient (Wildman–Crippen LogP) is 2.23. The molecule has 0 spiro atoms. The van der Waals surface area contributed by atoms with E-state index in [0.717, 1.165) is 34.0 Å². The largest absolute Gasteiger partial charge is 0.496 e. The van der Waals surface area contributed by atoms with E-state index >= 15 is 0 Å². The number of ether oxygens (including phenoxy) is 1. The summed E-state index contributed by atoms with van der Waals surface area (Å²) in [7, 11) is 3.41. The van der Waals surface area contributed by atoms with Crippen LogP contribution in [0.5, 0.6) is 5.75 Å². The highest BCUT2D eigenvalue weighted by molar-refractivity contribution is 14.0. The summed E-state index contributed by atoms with van der Waals surface area (Å²) in [4.78, 5) is 8.74. The van der Waals surface area contributed by atoms with Crippen LogP contribution < -0.4 is 15.4 Å². The molecule has 0 radical (unpaired) electrons. The fourth-order valence-corrected chi connectivity index (χ4v) is 2.81. The summed E-state index contributed by atoms with van der Waals surface area (Å²) in [5.74, 6) is 2.35. The van der Waals surface area contributed by atoms with Gasteiger partial charge in [0.25, 0.3) is 0 Å². The van der Waals surface area contributed by atoms with Crippen LogP contribution in [0, 0.1) is 13.8 Å². The first-order chi connectivity index (χ1) is 12.6. The summed E-state index contributed by atoms with van der Waals surface area (Å²) >= 11 is 0. The summed E-state index contributed by atoms with van der Waals surface area (Å²) in [5, 5.41) is 14.9. The SMILES string of the molecule is CN=C(NCc1ncc(C)c(OC)c1C)NCc1nnc2ccccn12.I. The van der Waals surface area contributed by atoms with Gasteiger partial charge in [-0.1, -0.05) is 6.07 Å². The van der Waals surface area contributed by atoms with Gasteiger partial charge in [-0.3, -0.25) is 14.4 Å². The zero-order chi connectivity index (χ0) is 18.5. The molecular formula is C18H24IN7O. The average Bonchev–Trinajstić information content (AvgIpc) is 3.07. The van der Waals surface area contributed by atoms with Crippen LogP contribution in [-0.2, 0) is 13.1 Å². The molecule has 8 nitrogen and oxygen atoms in total. The van der Waals surface area contributed by atoms with E-state index in [9.17, 15) is 0 Å². The van der Waals surface area contributed by atoms with Crippen molar-refractivity contribution in [3.05, 3.63) is 53.2 Å². The smallest absolute Gasteiger partial charge is 0.191 e. The minimum absolute atomic E-state index is 0. The van der Waals surface area contributed by atoms with Crippen LogP contribution in [-0.4, -0.2) is 39.7 Å². The summed E-state index contributed by atoms with van der Waals surface area (Å²) in [6, 6.07) is 5.81. The first-order valence-electron chi connectivity index (χ1n) is 8.36. The number of aryl methyl sites for hydroxylation is 1. The molecule has 27 heavy (non-hydrogen) atoms. The number of rotatable bonds is 5. The highest BCUT2D eigenvalue weighted by atomic mass is 127. The van der Waals surface area contributed by atoms with Crippen molar-refractivity contribution in [1.82, 2.24) is 30.2 Å². The predicted molar refractivity (Wildman–Crippen MR) is 116 cm³/mol. The standard InChI is InChI=1S/C18H23N7O.HI/c1-12-9-20-14(13(2)17(12)26-4)10-21-18(19-3)22-11-16-24-23-15-7-5-6-8-25(15)16;/h5-9H,10-11H2,1-4H3,(H2,19,21,22);1H. The van der Waals surface area contributed by atoms with Crippen molar-refractivity contribution < 1.29 is 4.74 Å². The fourth-order valence-electron chi connectivity index (χ4n) is 2.81. The van der Waals surface area contributed by atoms with Crippen molar-refractivity contribution in [2.45, 2.75) is 26.9 Å². The van der Waals surface area contributed by atoms with Gasteiger partial charge in [0, 0.05) is 30.6 Å². The number of halogens is 1. The van der Waals surface area contributed by atoms with Gasteiger partial charge in [0.15, 0.2) is 17.4 Å². The molecule has 0 bridgehead atoms. The summed E-state index contributed by atoms with van der Waals surface area (Å²) in [6.45, 7) is 5.05. The topological polar surface area (TPSA) is 88.7 Å². The van der Waals surface area contributed by atoms with E-state index in [2.05, 4.69) is 30.8 Å². The zero-order valence-corrected chi connectivity index (χ0v) is 18.2. The molecule has 3 rings (SSSR count). The molecule has 0 fully saturated rings. The van der Waals surface area contributed by atoms with Crippen LogP contribution in [0.3, 0.4) is 0 Å². The Labute approximate surface area is 175 Å². The van der Waals surface area contributed by atoms with E-state index in [0.29, 0.717) is 19.0 Å². The van der Waals surface area contributed by atoms with E-state index in [1.54, 1.807) is 14.2 Å². The maximum absolute atomic E-state index is 5.46. The number of guanidine groups is 1. The molecule has 3 aromatic heterocycles. The van der Waals surface area contributed by atoms with Crippen LogP contribution >= 0.6 is 24.0 Å². The molecule has 144 valence electrons. The maximum atomic E-state index is 5.46. The quantitative estimate of drug-likeness (QED) is 0.330. The van der Waals surface area contributed by atoms with Gasteiger partial charge in [-0.2, -0.15) is 0 Å². The number of fused-ring (bicyclic) bond motifs is 1. The van der Waals surface area contributed by atoms with E-state index in [-0.39, 0.29) is 24.0 Å². The second-order valence-electron chi connectivity index (χ2n) is 5.87. The number of hydrogen-bond donors (Lipinski definition) is 2. The number of aromatic nitrogens is 4. The van der Waals surface area contributed by atoms with Gasteiger partial charge in [-0.15, -0.1) is 34.2 Å². The van der Waals surface area contributed by atoms with Crippen molar-refractivity contribution >= 4 is 35.6 Å². The van der Waals surface area contributed by atoms with E-state index in [1.807, 2.05) is 48.8 Å². The van der Waals surface area contributed by atoms with Crippen molar-refractivity contribution in [2.75, 3.05) is 14.2 Å². The first-order valence-corrected chi connectivity index (χ1v) is 8.36. The van der Waals surface area contributed by atoms with Crippen LogP contribution in [0.4, 0.5) is 0 Å². The Morgan fingerprint density at radius 2 is 1.96 bits per heavy atom. The molecule has 0 unspecified atom stereocenters. The Morgan fingerprint density at radius 3 is 2.70 bits per heavy atom. The van der Waals surface area contributed by atoms with Gasteiger partial charge in [-0.05, 0) is 26.0 Å². The molecule has 3 heterocycles. The molecule has 0 atom stereocenters. The lowest BCUT2D eigenvalue weighted by Crippen LogP contribution is -2.37. The molecule has 0 aliphatic rings. The van der Waals surface area contributed by atoms with Gasteiger partial charge >= 0.3 is 0 Å². The zero-order valence-electron chi connectivity index (χ0n) is 15.9. The summed E-state index contributed by atoms with van der Waals surface area (Å²) < 4.78 is 7.40. The molecule has 0 aromatic carbocycles. The molecular weight excluding hydrogens is 457 g/mol. The molecule has 0 saturated heterocycles. The Balaban J connectivity index is 0.00000261. The monoisotopic (exact) mass is 481 g/mol. The molecule has 0 aliphatic heterocycles. The van der Waals surface area contributed by atoms with E-state index < -0.39 is 0 Å². The molecule has 0 aliphatic carbocycles. The van der Waals surface area contributed by atoms with E-state index in [4.69, 9.17) is 4.74 Å². The lowest BCUT2D eigenvalue weighted by Gasteiger charge is -2.14. The minimum Gasteiger partial charge on any atom is -0.496 e. The number of aliphatic imine (C=N–C) groups is 1. The highest BCUT2D eigenvalue weighted by Crippen LogP contribution is 2.23. The van der Waals surface area contributed by atoms with Crippen LogP contribution in [0.15, 0.2) is 35.6 Å². The minimum atomic E-state index is 0. The summed E-state index contributed by atoms with van der Waals surface area (Å²) in [5.41, 5.74) is 3.79. The average molecular weight is 481 g/mol. The molecule has 0 amide bonds. The number of hydrogen-bond acceptors (Lipinski definition) is 5. The second-order valence-corrected chi connectivity index (χ2v) is 5.87. The second kappa shape index (κ2) is 9.49. The van der Waals surface area contributed by atoms with Gasteiger partial charge in [0.2, 0.25) is 0 Å². The third kappa shape index (κ3) is 4.65. The Hall–Kier alpha value is -2.43. The van der Waals surface area contributed by atoms with Gasteiger partial charge in [0.1, 0.15) is 5.75 Å².